The van der Waals surface area contributed by atoms with E-state index < -0.39 is 0 Å². The molecule has 1 aromatic heterocycles. The van der Waals surface area contributed by atoms with Gasteiger partial charge in [0.05, 0.1) is 5.69 Å². The lowest BCUT2D eigenvalue weighted by Crippen LogP contribution is -2.25. The Bertz CT molecular complexity index is 537. The van der Waals surface area contributed by atoms with Crippen LogP contribution in [0.3, 0.4) is 0 Å². The fourth-order valence-corrected chi connectivity index (χ4v) is 2.73. The number of benzene rings is 1. The van der Waals surface area contributed by atoms with Crippen LogP contribution < -0.4 is 5.73 Å². The number of allylic oxidation sites excluding steroid dienone is 1. The summed E-state index contributed by atoms with van der Waals surface area (Å²) >= 11 is 0. The molecule has 1 aromatic carbocycles. The molecule has 0 radical (unpaired) electrons. The zero-order chi connectivity index (χ0) is 17.1. The molecule has 1 saturated carbocycles. The van der Waals surface area contributed by atoms with Crippen LogP contribution in [0.15, 0.2) is 49.1 Å². The number of nitrogens with one attached hydrogen (secondary N) is 1. The summed E-state index contributed by atoms with van der Waals surface area (Å²) in [6, 6.07) is 12.9. The van der Waals surface area contributed by atoms with Gasteiger partial charge in [0.15, 0.2) is 0 Å². The van der Waals surface area contributed by atoms with Gasteiger partial charge in [0.25, 0.3) is 0 Å². The van der Waals surface area contributed by atoms with Crippen LogP contribution in [0.1, 0.15) is 58.1 Å². The molecular weight excluding hydrogens is 282 g/mol. The third-order valence-electron chi connectivity index (χ3n) is 3.88. The van der Waals surface area contributed by atoms with Crippen molar-refractivity contribution in [3.05, 3.63) is 54.7 Å². The lowest BCUT2D eigenvalue weighted by atomic mass is 9.84. The third-order valence-corrected chi connectivity index (χ3v) is 3.88. The maximum Gasteiger partial charge on any atom is 0.0923 e. The molecule has 1 aliphatic rings. The highest BCUT2D eigenvalue weighted by Crippen LogP contribution is 2.32. The summed E-state index contributed by atoms with van der Waals surface area (Å²) in [6.45, 7) is 9.25. The number of nitrogens with two attached hydrogens (primary N) is 1. The number of H-pyrrole nitrogens is 1. The number of nitrogens with zero attached hydrogens (tertiary/aromatic N) is 1. The van der Waals surface area contributed by atoms with E-state index in [0.717, 1.165) is 18.5 Å². The number of rotatable bonds is 2. The number of aromatic nitrogens is 2. The van der Waals surface area contributed by atoms with Crippen molar-refractivity contribution in [2.75, 3.05) is 0 Å². The molecule has 3 heteroatoms. The van der Waals surface area contributed by atoms with Gasteiger partial charge in [0.2, 0.25) is 0 Å². The quantitative estimate of drug-likeness (QED) is 0.741. The number of aromatic amines is 1. The molecule has 2 aromatic rings. The summed E-state index contributed by atoms with van der Waals surface area (Å²) in [5.74, 6) is 0.606. The van der Waals surface area contributed by atoms with Crippen LogP contribution in [0.2, 0.25) is 0 Å². The molecule has 3 nitrogen and oxygen atoms in total. The van der Waals surface area contributed by atoms with E-state index in [1.807, 2.05) is 39.0 Å². The summed E-state index contributed by atoms with van der Waals surface area (Å²) in [5.41, 5.74) is 9.43. The van der Waals surface area contributed by atoms with Gasteiger partial charge in [-0.3, -0.25) is 5.10 Å². The van der Waals surface area contributed by atoms with E-state index >= 15 is 0 Å². The number of hydrogen-bond donors (Lipinski definition) is 2. The molecule has 126 valence electrons. The van der Waals surface area contributed by atoms with Crippen molar-refractivity contribution in [3.63, 3.8) is 0 Å². The minimum Gasteiger partial charge on any atom is -0.328 e. The molecule has 3 N–H and O–H groups in total. The first-order valence-electron chi connectivity index (χ1n) is 8.68. The van der Waals surface area contributed by atoms with Crippen LogP contribution in [-0.4, -0.2) is 16.2 Å². The fraction of sp³-hybridized carbons (Fsp3) is 0.450. The van der Waals surface area contributed by atoms with Crippen LogP contribution in [0, 0.1) is 0 Å². The average Bonchev–Trinajstić information content (AvgIpc) is 3.09. The lowest BCUT2D eigenvalue weighted by Gasteiger charge is -2.24. The Balaban J connectivity index is 0.000000477. The van der Waals surface area contributed by atoms with Crippen molar-refractivity contribution in [1.29, 1.82) is 0 Å². The molecule has 0 saturated heterocycles. The SMILES string of the molecule is C=CC.CC.NC1CCC(c2cc(-c3ccccc3)n[nH]2)CC1. The van der Waals surface area contributed by atoms with Gasteiger partial charge in [-0.15, -0.1) is 6.58 Å². The summed E-state index contributed by atoms with van der Waals surface area (Å²) in [7, 11) is 0. The van der Waals surface area contributed by atoms with Gasteiger partial charge in [-0.25, -0.2) is 0 Å². The van der Waals surface area contributed by atoms with Crippen molar-refractivity contribution < 1.29 is 0 Å². The lowest BCUT2D eigenvalue weighted by molar-refractivity contribution is 0.390. The largest absolute Gasteiger partial charge is 0.328 e. The average molecular weight is 313 g/mol. The Kier molecular flexibility index (Phi) is 9.00. The molecular formula is C20H31N3. The van der Waals surface area contributed by atoms with Gasteiger partial charge < -0.3 is 5.73 Å². The second-order valence-electron chi connectivity index (χ2n) is 5.59. The Morgan fingerprint density at radius 1 is 1.13 bits per heavy atom. The molecule has 1 aliphatic carbocycles. The third kappa shape index (κ3) is 6.03. The van der Waals surface area contributed by atoms with Crippen LogP contribution in [0.4, 0.5) is 0 Å². The van der Waals surface area contributed by atoms with Gasteiger partial charge in [-0.1, -0.05) is 50.3 Å². The zero-order valence-corrected chi connectivity index (χ0v) is 14.8. The molecule has 0 amide bonds. The number of hydrogen-bond acceptors (Lipinski definition) is 2. The fourth-order valence-electron chi connectivity index (χ4n) is 2.73. The minimum atomic E-state index is 0.401. The highest BCUT2D eigenvalue weighted by Gasteiger charge is 2.21. The highest BCUT2D eigenvalue weighted by molar-refractivity contribution is 5.59. The summed E-state index contributed by atoms with van der Waals surface area (Å²) in [5, 5.41) is 7.62. The van der Waals surface area contributed by atoms with Crippen molar-refractivity contribution in [3.8, 4) is 11.3 Å². The maximum absolute atomic E-state index is 5.95. The second kappa shape index (κ2) is 10.8. The zero-order valence-electron chi connectivity index (χ0n) is 14.8. The van der Waals surface area contributed by atoms with E-state index in [0.29, 0.717) is 12.0 Å². The smallest absolute Gasteiger partial charge is 0.0923 e. The van der Waals surface area contributed by atoms with Crippen molar-refractivity contribution in [1.82, 2.24) is 10.2 Å². The van der Waals surface area contributed by atoms with E-state index in [9.17, 15) is 0 Å². The van der Waals surface area contributed by atoms with Crippen LogP contribution in [0.25, 0.3) is 11.3 Å². The Hall–Kier alpha value is -1.87. The second-order valence-corrected chi connectivity index (χ2v) is 5.59. The Morgan fingerprint density at radius 3 is 2.26 bits per heavy atom. The van der Waals surface area contributed by atoms with Gasteiger partial charge in [0, 0.05) is 23.2 Å². The van der Waals surface area contributed by atoms with E-state index in [2.05, 4.69) is 35.0 Å². The van der Waals surface area contributed by atoms with Crippen LogP contribution in [-0.2, 0) is 0 Å². The molecule has 0 atom stereocenters. The standard InChI is InChI=1S/C15H19N3.C3H6.C2H6/c16-13-8-6-12(7-9-13)15-10-14(17-18-15)11-4-2-1-3-5-11;1-3-2;1-2/h1-5,10,12-13H,6-9,16H2,(H,17,18);3H,1H2,2H3;1-2H3. The molecule has 0 unspecified atom stereocenters. The predicted octanol–water partition coefficient (Wildman–Crippen LogP) is 5.28. The van der Waals surface area contributed by atoms with Gasteiger partial charge in [-0.05, 0) is 38.7 Å². The van der Waals surface area contributed by atoms with Crippen LogP contribution >= 0.6 is 0 Å². The molecule has 23 heavy (non-hydrogen) atoms. The first kappa shape index (κ1) is 19.2. The Labute approximate surface area is 141 Å². The van der Waals surface area contributed by atoms with E-state index in [1.165, 1.54) is 24.1 Å². The van der Waals surface area contributed by atoms with Gasteiger partial charge in [0.1, 0.15) is 0 Å². The molecule has 3 rings (SSSR count). The van der Waals surface area contributed by atoms with Gasteiger partial charge in [-0.2, -0.15) is 5.10 Å². The van der Waals surface area contributed by atoms with E-state index in [-0.39, 0.29) is 0 Å². The van der Waals surface area contributed by atoms with Crippen molar-refractivity contribution >= 4 is 0 Å². The minimum absolute atomic E-state index is 0.401. The Morgan fingerprint density at radius 2 is 1.70 bits per heavy atom. The summed E-state index contributed by atoms with van der Waals surface area (Å²) in [6.07, 6.45) is 6.36. The first-order valence-corrected chi connectivity index (χ1v) is 8.68. The molecule has 0 spiro atoms. The maximum atomic E-state index is 5.95. The summed E-state index contributed by atoms with van der Waals surface area (Å²) in [4.78, 5) is 0. The van der Waals surface area contributed by atoms with Crippen molar-refractivity contribution in [2.45, 2.75) is 58.4 Å². The predicted molar refractivity (Wildman–Crippen MR) is 100 cm³/mol. The van der Waals surface area contributed by atoms with E-state index in [1.54, 1.807) is 6.08 Å². The molecule has 1 fully saturated rings. The van der Waals surface area contributed by atoms with E-state index in [4.69, 9.17) is 5.73 Å². The molecule has 1 heterocycles. The molecule has 0 bridgehead atoms. The monoisotopic (exact) mass is 313 g/mol. The normalized spacial score (nSPS) is 19.7. The topological polar surface area (TPSA) is 54.7 Å². The van der Waals surface area contributed by atoms with Crippen molar-refractivity contribution in [2.24, 2.45) is 5.73 Å². The van der Waals surface area contributed by atoms with Gasteiger partial charge >= 0.3 is 0 Å². The highest BCUT2D eigenvalue weighted by atomic mass is 15.1. The molecule has 0 aliphatic heterocycles. The van der Waals surface area contributed by atoms with Crippen LogP contribution in [0.5, 0.6) is 0 Å². The first-order chi connectivity index (χ1) is 11.2. The summed E-state index contributed by atoms with van der Waals surface area (Å²) < 4.78 is 0.